The third-order valence-corrected chi connectivity index (χ3v) is 4.73. The van der Waals surface area contributed by atoms with Crippen LogP contribution in [0.4, 0.5) is 5.82 Å². The van der Waals surface area contributed by atoms with Gasteiger partial charge in [-0.2, -0.15) is 0 Å². The van der Waals surface area contributed by atoms with E-state index in [9.17, 15) is 0 Å². The maximum atomic E-state index is 5.74. The molecule has 4 nitrogen and oxygen atoms in total. The van der Waals surface area contributed by atoms with Gasteiger partial charge in [0.1, 0.15) is 0 Å². The van der Waals surface area contributed by atoms with E-state index in [1.807, 2.05) is 0 Å². The van der Waals surface area contributed by atoms with E-state index >= 15 is 0 Å². The summed E-state index contributed by atoms with van der Waals surface area (Å²) in [4.78, 5) is 11.2. The van der Waals surface area contributed by atoms with Gasteiger partial charge < -0.3 is 10.6 Å². The Morgan fingerprint density at radius 2 is 1.72 bits per heavy atom. The average Bonchev–Trinajstić information content (AvgIpc) is 2.88. The molecule has 18 heavy (non-hydrogen) atoms. The standard InChI is InChI=1S/C14H22N4/c15-11-12-13(17-8-7-16-12)18-9-5-14(6-10-18)3-1-2-4-14/h7-8H,1-6,9-11,15H2. The topological polar surface area (TPSA) is 55.0 Å². The minimum Gasteiger partial charge on any atom is -0.355 e. The van der Waals surface area contributed by atoms with Gasteiger partial charge in [-0.25, -0.2) is 4.98 Å². The summed E-state index contributed by atoms with van der Waals surface area (Å²) in [7, 11) is 0. The molecular formula is C14H22N4. The molecule has 1 aromatic heterocycles. The highest BCUT2D eigenvalue weighted by atomic mass is 15.2. The van der Waals surface area contributed by atoms with E-state index in [-0.39, 0.29) is 0 Å². The molecule has 2 fully saturated rings. The number of anilines is 1. The number of nitrogens with zero attached hydrogens (tertiary/aromatic N) is 3. The second-order valence-electron chi connectivity index (χ2n) is 5.72. The van der Waals surface area contributed by atoms with Crippen molar-refractivity contribution in [1.82, 2.24) is 9.97 Å². The smallest absolute Gasteiger partial charge is 0.151 e. The molecule has 98 valence electrons. The summed E-state index contributed by atoms with van der Waals surface area (Å²) < 4.78 is 0. The number of hydrogen-bond donors (Lipinski definition) is 1. The van der Waals surface area contributed by atoms with Gasteiger partial charge in [0.25, 0.3) is 0 Å². The Balaban J connectivity index is 1.72. The fourth-order valence-electron chi connectivity index (χ4n) is 3.59. The first kappa shape index (κ1) is 11.9. The van der Waals surface area contributed by atoms with Gasteiger partial charge in [-0.1, -0.05) is 12.8 Å². The Labute approximate surface area is 109 Å². The monoisotopic (exact) mass is 246 g/mol. The van der Waals surface area contributed by atoms with Crippen LogP contribution >= 0.6 is 0 Å². The van der Waals surface area contributed by atoms with Crippen molar-refractivity contribution in [2.24, 2.45) is 11.1 Å². The van der Waals surface area contributed by atoms with Crippen molar-refractivity contribution in [3.63, 3.8) is 0 Å². The van der Waals surface area contributed by atoms with E-state index in [2.05, 4.69) is 14.9 Å². The van der Waals surface area contributed by atoms with Crippen LogP contribution in [0.25, 0.3) is 0 Å². The summed E-state index contributed by atoms with van der Waals surface area (Å²) in [5.74, 6) is 1.01. The normalized spacial score (nSPS) is 22.6. The maximum absolute atomic E-state index is 5.74. The molecule has 2 N–H and O–H groups in total. The lowest BCUT2D eigenvalue weighted by molar-refractivity contribution is 0.226. The predicted octanol–water partition coefficient (Wildman–Crippen LogP) is 2.10. The third-order valence-electron chi connectivity index (χ3n) is 4.73. The van der Waals surface area contributed by atoms with Gasteiger partial charge in [-0.3, -0.25) is 4.98 Å². The lowest BCUT2D eigenvalue weighted by Gasteiger charge is -2.40. The Morgan fingerprint density at radius 3 is 2.39 bits per heavy atom. The van der Waals surface area contributed by atoms with Gasteiger partial charge in [0.05, 0.1) is 5.69 Å². The Kier molecular flexibility index (Phi) is 3.20. The zero-order valence-corrected chi connectivity index (χ0v) is 10.9. The second-order valence-corrected chi connectivity index (χ2v) is 5.72. The van der Waals surface area contributed by atoms with Gasteiger partial charge in [0.15, 0.2) is 5.82 Å². The first-order valence-electron chi connectivity index (χ1n) is 7.08. The predicted molar refractivity (Wildman–Crippen MR) is 72.3 cm³/mol. The van der Waals surface area contributed by atoms with E-state index in [1.54, 1.807) is 12.4 Å². The molecule has 0 bridgehead atoms. The van der Waals surface area contributed by atoms with Crippen LogP contribution in [-0.2, 0) is 6.54 Å². The van der Waals surface area contributed by atoms with Crippen LogP contribution in [0.15, 0.2) is 12.4 Å². The van der Waals surface area contributed by atoms with Gasteiger partial charge in [0.2, 0.25) is 0 Å². The van der Waals surface area contributed by atoms with E-state index in [1.165, 1.54) is 38.5 Å². The number of piperidine rings is 1. The molecule has 3 rings (SSSR count). The molecular weight excluding hydrogens is 224 g/mol. The molecule has 0 unspecified atom stereocenters. The van der Waals surface area contributed by atoms with Gasteiger partial charge in [-0.15, -0.1) is 0 Å². The molecule has 2 heterocycles. The minimum absolute atomic E-state index is 0.477. The third kappa shape index (κ3) is 2.09. The summed E-state index contributed by atoms with van der Waals surface area (Å²) in [6.45, 7) is 2.71. The maximum Gasteiger partial charge on any atom is 0.151 e. The van der Waals surface area contributed by atoms with Crippen molar-refractivity contribution in [3.05, 3.63) is 18.1 Å². The summed E-state index contributed by atoms with van der Waals surface area (Å²) in [6.07, 6.45) is 11.9. The van der Waals surface area contributed by atoms with Crippen molar-refractivity contribution >= 4 is 5.82 Å². The molecule has 2 aliphatic rings. The van der Waals surface area contributed by atoms with Crippen LogP contribution in [0.3, 0.4) is 0 Å². The zero-order valence-electron chi connectivity index (χ0n) is 10.9. The summed E-state index contributed by atoms with van der Waals surface area (Å²) in [5.41, 5.74) is 7.33. The van der Waals surface area contributed by atoms with Crippen LogP contribution in [0.5, 0.6) is 0 Å². The quantitative estimate of drug-likeness (QED) is 0.868. The fraction of sp³-hybridized carbons (Fsp3) is 0.714. The highest BCUT2D eigenvalue weighted by molar-refractivity contribution is 5.43. The number of nitrogens with two attached hydrogens (primary N) is 1. The second kappa shape index (κ2) is 4.84. The Bertz CT molecular complexity index is 402. The van der Waals surface area contributed by atoms with Crippen LogP contribution in [-0.4, -0.2) is 23.1 Å². The summed E-state index contributed by atoms with van der Waals surface area (Å²) in [5, 5.41) is 0. The van der Waals surface area contributed by atoms with Crippen LogP contribution in [0.2, 0.25) is 0 Å². The lowest BCUT2D eigenvalue weighted by Crippen LogP contribution is -2.40. The van der Waals surface area contributed by atoms with E-state index in [0.717, 1.165) is 24.6 Å². The van der Waals surface area contributed by atoms with Gasteiger partial charge in [0, 0.05) is 32.0 Å². The Morgan fingerprint density at radius 1 is 1.06 bits per heavy atom. The van der Waals surface area contributed by atoms with E-state index in [0.29, 0.717) is 12.0 Å². The molecule has 0 aromatic carbocycles. The van der Waals surface area contributed by atoms with Crippen LogP contribution in [0, 0.1) is 5.41 Å². The lowest BCUT2D eigenvalue weighted by atomic mass is 9.77. The SMILES string of the molecule is NCc1nccnc1N1CCC2(CCCC2)CC1. The Hall–Kier alpha value is -1.16. The van der Waals surface area contributed by atoms with Crippen molar-refractivity contribution in [2.75, 3.05) is 18.0 Å². The van der Waals surface area contributed by atoms with E-state index in [4.69, 9.17) is 5.73 Å². The zero-order chi connectivity index (χ0) is 12.4. The van der Waals surface area contributed by atoms with Gasteiger partial charge in [-0.05, 0) is 31.1 Å². The highest BCUT2D eigenvalue weighted by Crippen LogP contribution is 2.46. The van der Waals surface area contributed by atoms with Crippen molar-refractivity contribution in [2.45, 2.75) is 45.1 Å². The van der Waals surface area contributed by atoms with Crippen molar-refractivity contribution in [1.29, 1.82) is 0 Å². The first-order chi connectivity index (χ1) is 8.83. The molecule has 1 aromatic rings. The van der Waals surface area contributed by atoms with Crippen molar-refractivity contribution in [3.8, 4) is 0 Å². The molecule has 1 saturated heterocycles. The molecule has 1 spiro atoms. The fourth-order valence-corrected chi connectivity index (χ4v) is 3.59. The van der Waals surface area contributed by atoms with E-state index < -0.39 is 0 Å². The molecule has 4 heteroatoms. The number of aromatic nitrogens is 2. The summed E-state index contributed by atoms with van der Waals surface area (Å²) >= 11 is 0. The van der Waals surface area contributed by atoms with Crippen molar-refractivity contribution < 1.29 is 0 Å². The largest absolute Gasteiger partial charge is 0.355 e. The number of rotatable bonds is 2. The number of hydrogen-bond acceptors (Lipinski definition) is 4. The molecule has 1 aliphatic heterocycles. The van der Waals surface area contributed by atoms with Crippen LogP contribution in [0.1, 0.15) is 44.2 Å². The average molecular weight is 246 g/mol. The van der Waals surface area contributed by atoms with Gasteiger partial charge >= 0.3 is 0 Å². The molecule has 0 atom stereocenters. The van der Waals surface area contributed by atoms with Crippen LogP contribution < -0.4 is 10.6 Å². The molecule has 1 aliphatic carbocycles. The summed E-state index contributed by atoms with van der Waals surface area (Å²) in [6, 6.07) is 0. The molecule has 1 saturated carbocycles. The highest BCUT2D eigenvalue weighted by Gasteiger charge is 2.37. The first-order valence-corrected chi connectivity index (χ1v) is 7.08. The molecule has 0 radical (unpaired) electrons. The molecule has 0 amide bonds. The minimum atomic E-state index is 0.477.